The molecule has 3 aromatic carbocycles. The first-order valence-corrected chi connectivity index (χ1v) is 16.9. The molecule has 50 heavy (non-hydrogen) atoms. The van der Waals surface area contributed by atoms with Gasteiger partial charge in [0.25, 0.3) is 5.91 Å². The van der Waals surface area contributed by atoms with Crippen LogP contribution in [0.4, 0.5) is 19.1 Å². The highest BCUT2D eigenvalue weighted by Gasteiger charge is 2.42. The predicted octanol–water partition coefficient (Wildman–Crippen LogP) is 5.98. The van der Waals surface area contributed by atoms with Gasteiger partial charge in [0.1, 0.15) is 0 Å². The van der Waals surface area contributed by atoms with E-state index in [0.717, 1.165) is 56.5 Å². The van der Waals surface area contributed by atoms with Crippen LogP contribution < -0.4 is 19.1 Å². The number of nitrogens with zero attached hydrogens (tertiary/aromatic N) is 5. The van der Waals surface area contributed by atoms with Crippen molar-refractivity contribution < 1.29 is 36.9 Å². The molecule has 13 heteroatoms. The van der Waals surface area contributed by atoms with Crippen molar-refractivity contribution in [1.29, 1.82) is 0 Å². The highest BCUT2D eigenvalue weighted by atomic mass is 19.4. The number of amides is 1. The van der Waals surface area contributed by atoms with E-state index < -0.39 is 13.0 Å². The third kappa shape index (κ3) is 7.63. The standard InChI is InChI=1S/C37H44F3N5O5/c1-47-31-24-27(25-32(48-2)33(31)49-3)34(46)44-19-15-36(26-44,28-10-5-4-6-11-28)14-18-42-16-9-17-43(21-20-42)35-41-29-12-7-8-13-30(29)45(35)22-23-50-37(38,39)40/h4-8,10-13,24-25H,9,14-23,26H2,1-3H3. The van der Waals surface area contributed by atoms with E-state index in [0.29, 0.717) is 48.4 Å². The molecule has 1 amide bonds. The maximum absolute atomic E-state index is 13.9. The van der Waals surface area contributed by atoms with Crippen molar-refractivity contribution in [1.82, 2.24) is 19.4 Å². The van der Waals surface area contributed by atoms with Crippen molar-refractivity contribution in [2.45, 2.75) is 37.6 Å². The van der Waals surface area contributed by atoms with E-state index in [1.807, 2.05) is 39.8 Å². The second-order valence-corrected chi connectivity index (χ2v) is 12.8. The van der Waals surface area contributed by atoms with Gasteiger partial charge in [0.05, 0.1) is 39.0 Å². The van der Waals surface area contributed by atoms with E-state index in [4.69, 9.17) is 19.2 Å². The van der Waals surface area contributed by atoms with Gasteiger partial charge in [-0.2, -0.15) is 0 Å². The van der Waals surface area contributed by atoms with Gasteiger partial charge < -0.3 is 33.5 Å². The van der Waals surface area contributed by atoms with Crippen LogP contribution in [0.3, 0.4) is 0 Å². The summed E-state index contributed by atoms with van der Waals surface area (Å²) in [5, 5.41) is 0. The molecule has 2 fully saturated rings. The van der Waals surface area contributed by atoms with E-state index in [1.165, 1.54) is 26.9 Å². The number of imidazole rings is 1. The fraction of sp³-hybridized carbons (Fsp3) is 0.459. The lowest BCUT2D eigenvalue weighted by Gasteiger charge is -2.33. The molecule has 4 aromatic rings. The molecular formula is C37H44F3N5O5. The van der Waals surface area contributed by atoms with Crippen LogP contribution in [0.25, 0.3) is 11.0 Å². The average Bonchev–Trinajstić information content (AvgIpc) is 3.64. The summed E-state index contributed by atoms with van der Waals surface area (Å²) in [5.41, 5.74) is 2.99. The minimum atomic E-state index is -4.68. The number of aromatic nitrogens is 2. The molecule has 1 aromatic heterocycles. The van der Waals surface area contributed by atoms with Crippen LogP contribution in [-0.2, 0) is 16.7 Å². The Morgan fingerprint density at radius 3 is 2.28 bits per heavy atom. The zero-order chi connectivity index (χ0) is 35.3. The van der Waals surface area contributed by atoms with Crippen molar-refractivity contribution in [2.75, 3.05) is 78.6 Å². The number of hydrogen-bond donors (Lipinski definition) is 0. The summed E-state index contributed by atoms with van der Waals surface area (Å²) in [6.07, 6.45) is -2.11. The third-order valence-electron chi connectivity index (χ3n) is 9.93. The van der Waals surface area contributed by atoms with Gasteiger partial charge >= 0.3 is 6.36 Å². The number of ether oxygens (including phenoxy) is 4. The summed E-state index contributed by atoms with van der Waals surface area (Å²) in [4.78, 5) is 25.3. The Morgan fingerprint density at radius 2 is 1.58 bits per heavy atom. The summed E-state index contributed by atoms with van der Waals surface area (Å²) < 4.78 is 60.8. The van der Waals surface area contributed by atoms with Gasteiger partial charge in [0, 0.05) is 50.2 Å². The van der Waals surface area contributed by atoms with Crippen LogP contribution in [0, 0.1) is 0 Å². The number of para-hydroxylation sites is 2. The number of methoxy groups -OCH3 is 3. The van der Waals surface area contributed by atoms with Gasteiger partial charge in [0.2, 0.25) is 11.7 Å². The molecule has 0 bridgehead atoms. The van der Waals surface area contributed by atoms with Crippen molar-refractivity contribution in [3.8, 4) is 17.2 Å². The van der Waals surface area contributed by atoms with E-state index in [-0.39, 0.29) is 17.9 Å². The number of hydrogen-bond acceptors (Lipinski definition) is 8. The summed E-state index contributed by atoms with van der Waals surface area (Å²) in [6.45, 7) is 4.67. The van der Waals surface area contributed by atoms with Crippen LogP contribution in [0.5, 0.6) is 17.2 Å². The Kier molecular flexibility index (Phi) is 10.7. The third-order valence-corrected chi connectivity index (χ3v) is 9.93. The van der Waals surface area contributed by atoms with E-state index in [9.17, 15) is 18.0 Å². The molecule has 0 N–H and O–H groups in total. The Morgan fingerprint density at radius 1 is 0.860 bits per heavy atom. The first-order valence-electron chi connectivity index (χ1n) is 16.9. The van der Waals surface area contributed by atoms with Crippen molar-refractivity contribution in [3.63, 3.8) is 0 Å². The van der Waals surface area contributed by atoms with Gasteiger partial charge in [-0.3, -0.25) is 9.53 Å². The van der Waals surface area contributed by atoms with E-state index >= 15 is 0 Å². The largest absolute Gasteiger partial charge is 0.522 e. The molecule has 2 saturated heterocycles. The van der Waals surface area contributed by atoms with Gasteiger partial charge in [-0.05, 0) is 62.2 Å². The zero-order valence-electron chi connectivity index (χ0n) is 28.7. The van der Waals surface area contributed by atoms with Crippen LogP contribution in [0.1, 0.15) is 35.2 Å². The topological polar surface area (TPSA) is 81.5 Å². The number of benzene rings is 3. The lowest BCUT2D eigenvalue weighted by molar-refractivity contribution is -0.325. The Bertz CT molecular complexity index is 1740. The molecule has 3 heterocycles. The van der Waals surface area contributed by atoms with Gasteiger partial charge in [-0.15, -0.1) is 13.2 Å². The van der Waals surface area contributed by atoms with Gasteiger partial charge in [-0.25, -0.2) is 4.98 Å². The molecule has 2 aliphatic rings. The molecule has 0 spiro atoms. The number of alkyl halides is 3. The Balaban J connectivity index is 1.16. The van der Waals surface area contributed by atoms with E-state index in [2.05, 4.69) is 38.8 Å². The molecule has 1 atom stereocenters. The number of fused-ring (bicyclic) bond motifs is 1. The van der Waals surface area contributed by atoms with E-state index in [1.54, 1.807) is 12.1 Å². The smallest absolute Gasteiger partial charge is 0.493 e. The summed E-state index contributed by atoms with van der Waals surface area (Å²) in [6, 6.07) is 21.3. The van der Waals surface area contributed by atoms with Crippen LogP contribution in [0.15, 0.2) is 66.7 Å². The van der Waals surface area contributed by atoms with Crippen molar-refractivity contribution in [2.24, 2.45) is 0 Å². The van der Waals surface area contributed by atoms with Crippen molar-refractivity contribution >= 4 is 22.9 Å². The second kappa shape index (κ2) is 15.2. The zero-order valence-corrected chi connectivity index (χ0v) is 28.7. The molecule has 268 valence electrons. The lowest BCUT2D eigenvalue weighted by atomic mass is 9.76. The monoisotopic (exact) mass is 695 g/mol. The first-order chi connectivity index (χ1) is 24.1. The Hall–Kier alpha value is -4.49. The fourth-order valence-corrected chi connectivity index (χ4v) is 7.35. The molecule has 6 rings (SSSR count). The number of carbonyl (C=O) groups is 1. The first kappa shape index (κ1) is 35.3. The molecule has 1 unspecified atom stereocenters. The van der Waals surface area contributed by atoms with Crippen LogP contribution in [-0.4, -0.2) is 105 Å². The number of rotatable bonds is 12. The predicted molar refractivity (Wildman–Crippen MR) is 184 cm³/mol. The number of halogens is 3. The second-order valence-electron chi connectivity index (χ2n) is 12.8. The minimum absolute atomic E-state index is 0.0421. The molecule has 0 radical (unpaired) electrons. The number of anilines is 1. The Labute approximate surface area is 290 Å². The van der Waals surface area contributed by atoms with Crippen LogP contribution >= 0.6 is 0 Å². The highest BCUT2D eigenvalue weighted by molar-refractivity contribution is 5.96. The number of carbonyl (C=O) groups excluding carboxylic acids is 1. The van der Waals surface area contributed by atoms with Gasteiger partial charge in [0.15, 0.2) is 11.5 Å². The van der Waals surface area contributed by atoms with Gasteiger partial charge in [-0.1, -0.05) is 42.5 Å². The normalized spacial score (nSPS) is 18.8. The molecule has 0 saturated carbocycles. The minimum Gasteiger partial charge on any atom is -0.493 e. The maximum Gasteiger partial charge on any atom is 0.522 e. The summed E-state index contributed by atoms with van der Waals surface area (Å²) >= 11 is 0. The summed E-state index contributed by atoms with van der Waals surface area (Å²) in [5.74, 6) is 1.89. The summed E-state index contributed by atoms with van der Waals surface area (Å²) in [7, 11) is 4.61. The average molecular weight is 696 g/mol. The maximum atomic E-state index is 13.9. The van der Waals surface area contributed by atoms with Crippen molar-refractivity contribution in [3.05, 3.63) is 77.9 Å². The molecule has 10 nitrogen and oxygen atoms in total. The SMILES string of the molecule is COc1cc(C(=O)N2CCC(CCN3CCCN(c4nc5ccccc5n4CCOC(F)(F)F)CC3)(c3ccccc3)C2)cc(OC)c1OC. The molecule has 0 aliphatic carbocycles. The molecule has 2 aliphatic heterocycles. The quantitative estimate of drug-likeness (QED) is 0.179. The number of likely N-dealkylation sites (tertiary alicyclic amines) is 1. The fourth-order valence-electron chi connectivity index (χ4n) is 7.35. The van der Waals surface area contributed by atoms with Crippen LogP contribution in [0.2, 0.25) is 0 Å². The molecular weight excluding hydrogens is 651 g/mol. The lowest BCUT2D eigenvalue weighted by Crippen LogP contribution is -2.39. The highest BCUT2D eigenvalue weighted by Crippen LogP contribution is 2.41.